The third-order valence-corrected chi connectivity index (χ3v) is 5.27. The van der Waals surface area contributed by atoms with E-state index >= 15 is 0 Å². The first-order chi connectivity index (χ1) is 12.7. The topological polar surface area (TPSA) is 72.3 Å². The predicted molar refractivity (Wildman–Crippen MR) is 97.8 cm³/mol. The van der Waals surface area contributed by atoms with Crippen LogP contribution in [0.3, 0.4) is 0 Å². The van der Waals surface area contributed by atoms with Crippen LogP contribution >= 0.6 is 0 Å². The minimum absolute atomic E-state index is 0.0672. The fraction of sp³-hybridized carbons (Fsp3) is 0.526. The highest BCUT2D eigenvalue weighted by Gasteiger charge is 2.32. The van der Waals surface area contributed by atoms with Crippen molar-refractivity contribution in [3.63, 3.8) is 0 Å². The Morgan fingerprint density at radius 2 is 2.19 bits per heavy atom. The fourth-order valence-corrected chi connectivity index (χ4v) is 3.97. The molecule has 4 heterocycles. The SMILES string of the molecule is CC1c2nc(CC(=O)Nc3cccnc3)cn2CCN1C1CCOCC1. The Hall–Kier alpha value is -2.25. The van der Waals surface area contributed by atoms with E-state index < -0.39 is 0 Å². The van der Waals surface area contributed by atoms with Gasteiger partial charge in [-0.15, -0.1) is 0 Å². The minimum atomic E-state index is -0.0672. The molecule has 26 heavy (non-hydrogen) atoms. The first-order valence-corrected chi connectivity index (χ1v) is 9.30. The normalized spacial score (nSPS) is 21.3. The Morgan fingerprint density at radius 1 is 1.35 bits per heavy atom. The van der Waals surface area contributed by atoms with Crippen LogP contribution < -0.4 is 5.32 Å². The summed E-state index contributed by atoms with van der Waals surface area (Å²) in [5.41, 5.74) is 1.53. The fourth-order valence-electron chi connectivity index (χ4n) is 3.97. The molecule has 0 bridgehead atoms. The number of amides is 1. The molecule has 1 saturated heterocycles. The quantitative estimate of drug-likeness (QED) is 0.908. The van der Waals surface area contributed by atoms with Gasteiger partial charge in [-0.2, -0.15) is 0 Å². The summed E-state index contributed by atoms with van der Waals surface area (Å²) in [5, 5.41) is 2.87. The number of aromatic nitrogens is 3. The molecule has 1 N–H and O–H groups in total. The number of nitrogens with zero attached hydrogens (tertiary/aromatic N) is 4. The zero-order valence-corrected chi connectivity index (χ0v) is 15.1. The Bertz CT molecular complexity index is 755. The number of carbonyl (C=O) groups is 1. The maximum Gasteiger partial charge on any atom is 0.230 e. The summed E-state index contributed by atoms with van der Waals surface area (Å²) in [7, 11) is 0. The van der Waals surface area contributed by atoms with E-state index in [0.717, 1.165) is 50.7 Å². The van der Waals surface area contributed by atoms with E-state index in [9.17, 15) is 4.79 Å². The number of hydrogen-bond acceptors (Lipinski definition) is 5. The van der Waals surface area contributed by atoms with Crippen LogP contribution in [0.5, 0.6) is 0 Å². The second-order valence-electron chi connectivity index (χ2n) is 7.01. The van der Waals surface area contributed by atoms with E-state index in [0.29, 0.717) is 11.7 Å². The molecule has 0 aromatic carbocycles. The summed E-state index contributed by atoms with van der Waals surface area (Å²) in [6.07, 6.45) is 7.81. The van der Waals surface area contributed by atoms with Crippen molar-refractivity contribution in [2.75, 3.05) is 25.1 Å². The molecule has 7 nitrogen and oxygen atoms in total. The third-order valence-electron chi connectivity index (χ3n) is 5.27. The van der Waals surface area contributed by atoms with Crippen molar-refractivity contribution in [1.29, 1.82) is 0 Å². The Labute approximate surface area is 153 Å². The van der Waals surface area contributed by atoms with Crippen LogP contribution in [0.25, 0.3) is 0 Å². The molecule has 1 fully saturated rings. The summed E-state index contributed by atoms with van der Waals surface area (Å²) >= 11 is 0. The second kappa shape index (κ2) is 7.55. The molecule has 4 rings (SSSR count). The highest BCUT2D eigenvalue weighted by atomic mass is 16.5. The predicted octanol–water partition coefficient (Wildman–Crippen LogP) is 2.01. The molecule has 2 aliphatic heterocycles. The van der Waals surface area contributed by atoms with E-state index in [1.54, 1.807) is 18.5 Å². The van der Waals surface area contributed by atoms with Crippen LogP contribution in [0.2, 0.25) is 0 Å². The summed E-state index contributed by atoms with van der Waals surface area (Å²) in [6, 6.07) is 4.47. The lowest BCUT2D eigenvalue weighted by atomic mass is 10.0. The summed E-state index contributed by atoms with van der Waals surface area (Å²) < 4.78 is 7.70. The average molecular weight is 355 g/mol. The van der Waals surface area contributed by atoms with Gasteiger partial charge in [-0.05, 0) is 31.9 Å². The van der Waals surface area contributed by atoms with Crippen molar-refractivity contribution in [2.45, 2.75) is 44.8 Å². The standard InChI is InChI=1S/C19H25N5O2/c1-14-19-22-16(11-18(25)21-15-3-2-6-20-12-15)13-23(19)7-8-24(14)17-4-9-26-10-5-17/h2-3,6,12-14,17H,4-5,7-11H2,1H3,(H,21,25). The largest absolute Gasteiger partial charge is 0.381 e. The van der Waals surface area contributed by atoms with Gasteiger partial charge in [-0.1, -0.05) is 0 Å². The van der Waals surface area contributed by atoms with E-state index in [2.05, 4.69) is 26.7 Å². The lowest BCUT2D eigenvalue weighted by molar-refractivity contribution is -0.115. The van der Waals surface area contributed by atoms with Crippen LogP contribution in [0, 0.1) is 0 Å². The van der Waals surface area contributed by atoms with E-state index in [1.807, 2.05) is 12.3 Å². The van der Waals surface area contributed by atoms with Crippen molar-refractivity contribution in [2.24, 2.45) is 0 Å². The molecule has 0 spiro atoms. The molecule has 0 aliphatic carbocycles. The zero-order valence-electron chi connectivity index (χ0n) is 15.1. The van der Waals surface area contributed by atoms with Gasteiger partial charge < -0.3 is 14.6 Å². The van der Waals surface area contributed by atoms with Gasteiger partial charge in [0.05, 0.1) is 30.0 Å². The first kappa shape index (κ1) is 17.2. The molecular formula is C19H25N5O2. The minimum Gasteiger partial charge on any atom is -0.381 e. The van der Waals surface area contributed by atoms with Crippen LogP contribution in [0.4, 0.5) is 5.69 Å². The van der Waals surface area contributed by atoms with Crippen molar-refractivity contribution in [1.82, 2.24) is 19.4 Å². The first-order valence-electron chi connectivity index (χ1n) is 9.30. The van der Waals surface area contributed by atoms with Crippen LogP contribution in [0.15, 0.2) is 30.7 Å². The zero-order chi connectivity index (χ0) is 17.9. The molecule has 0 radical (unpaired) electrons. The lowest BCUT2D eigenvalue weighted by Gasteiger charge is -2.41. The number of pyridine rings is 1. The summed E-state index contributed by atoms with van der Waals surface area (Å²) in [5.74, 6) is 0.995. The van der Waals surface area contributed by atoms with Crippen molar-refractivity contribution < 1.29 is 9.53 Å². The van der Waals surface area contributed by atoms with Gasteiger partial charge in [-0.25, -0.2) is 4.98 Å². The van der Waals surface area contributed by atoms with Crippen molar-refractivity contribution in [3.8, 4) is 0 Å². The summed E-state index contributed by atoms with van der Waals surface area (Å²) in [6.45, 7) is 5.86. The number of fused-ring (bicyclic) bond motifs is 1. The van der Waals surface area contributed by atoms with Gasteiger partial charge in [0, 0.05) is 44.7 Å². The maximum absolute atomic E-state index is 12.3. The highest BCUT2D eigenvalue weighted by Crippen LogP contribution is 2.29. The number of carbonyl (C=O) groups excluding carboxylic acids is 1. The Kier molecular flexibility index (Phi) is 4.99. The number of ether oxygens (including phenoxy) is 1. The maximum atomic E-state index is 12.3. The van der Waals surface area contributed by atoms with Gasteiger partial charge in [-0.3, -0.25) is 14.7 Å². The van der Waals surface area contributed by atoms with Gasteiger partial charge in [0.15, 0.2) is 0 Å². The van der Waals surface area contributed by atoms with Crippen LogP contribution in [0.1, 0.15) is 37.3 Å². The van der Waals surface area contributed by atoms with E-state index in [-0.39, 0.29) is 18.4 Å². The second-order valence-corrected chi connectivity index (χ2v) is 7.01. The third kappa shape index (κ3) is 3.64. The van der Waals surface area contributed by atoms with E-state index in [1.165, 1.54) is 0 Å². The monoisotopic (exact) mass is 355 g/mol. The number of anilines is 1. The lowest BCUT2D eigenvalue weighted by Crippen LogP contribution is -2.45. The Balaban J connectivity index is 1.42. The number of nitrogens with one attached hydrogen (secondary N) is 1. The number of imidazole rings is 1. The highest BCUT2D eigenvalue weighted by molar-refractivity contribution is 5.91. The van der Waals surface area contributed by atoms with Gasteiger partial charge in [0.25, 0.3) is 0 Å². The molecule has 1 unspecified atom stereocenters. The molecule has 2 aliphatic rings. The molecule has 7 heteroatoms. The molecule has 1 amide bonds. The smallest absolute Gasteiger partial charge is 0.230 e. The molecular weight excluding hydrogens is 330 g/mol. The molecule has 2 aromatic rings. The average Bonchev–Trinajstić information content (AvgIpc) is 3.07. The number of rotatable bonds is 4. The van der Waals surface area contributed by atoms with Crippen molar-refractivity contribution >= 4 is 11.6 Å². The molecule has 0 saturated carbocycles. The van der Waals surface area contributed by atoms with Gasteiger partial charge >= 0.3 is 0 Å². The molecule has 138 valence electrons. The van der Waals surface area contributed by atoms with E-state index in [4.69, 9.17) is 9.72 Å². The Morgan fingerprint density at radius 3 is 2.96 bits per heavy atom. The van der Waals surface area contributed by atoms with Gasteiger partial charge in [0.2, 0.25) is 5.91 Å². The van der Waals surface area contributed by atoms with Crippen LogP contribution in [-0.4, -0.2) is 51.1 Å². The van der Waals surface area contributed by atoms with Crippen molar-refractivity contribution in [3.05, 3.63) is 42.2 Å². The summed E-state index contributed by atoms with van der Waals surface area (Å²) in [4.78, 5) is 23.6. The molecule has 2 aromatic heterocycles. The number of hydrogen-bond donors (Lipinski definition) is 1. The van der Waals surface area contributed by atoms with Crippen LogP contribution in [-0.2, 0) is 22.5 Å². The van der Waals surface area contributed by atoms with Gasteiger partial charge in [0.1, 0.15) is 5.82 Å². The molecule has 1 atom stereocenters.